The van der Waals surface area contributed by atoms with Crippen LogP contribution < -0.4 is 5.32 Å². The number of benzene rings is 1. The average molecular weight is 297 g/mol. The average Bonchev–Trinajstić information content (AvgIpc) is 2.87. The van der Waals surface area contributed by atoms with Gasteiger partial charge in [0.25, 0.3) is 11.6 Å². The standard InChI is InChI=1S/C12H13ClN4O3/c1-2-5-14-7-11-15-16-12(20-11)9-4-3-8(13)6-10(9)17(18)19/h3-4,6,14H,2,5,7H2,1H3. The molecule has 0 spiro atoms. The Kier molecular flexibility index (Phi) is 4.65. The van der Waals surface area contributed by atoms with E-state index in [1.165, 1.54) is 12.1 Å². The Hall–Kier alpha value is -1.99. The molecule has 1 N–H and O–H groups in total. The zero-order valence-corrected chi connectivity index (χ0v) is 11.6. The summed E-state index contributed by atoms with van der Waals surface area (Å²) in [6.45, 7) is 3.31. The van der Waals surface area contributed by atoms with Crippen molar-refractivity contribution in [2.45, 2.75) is 19.9 Å². The van der Waals surface area contributed by atoms with E-state index < -0.39 is 4.92 Å². The Morgan fingerprint density at radius 2 is 2.25 bits per heavy atom. The summed E-state index contributed by atoms with van der Waals surface area (Å²) in [6.07, 6.45) is 0.990. The fourth-order valence-electron chi connectivity index (χ4n) is 1.64. The number of hydrogen-bond donors (Lipinski definition) is 1. The molecule has 7 nitrogen and oxygen atoms in total. The van der Waals surface area contributed by atoms with Crippen LogP contribution in [0.5, 0.6) is 0 Å². The van der Waals surface area contributed by atoms with Gasteiger partial charge >= 0.3 is 0 Å². The Morgan fingerprint density at radius 3 is 2.95 bits per heavy atom. The van der Waals surface area contributed by atoms with Crippen molar-refractivity contribution in [3.63, 3.8) is 0 Å². The van der Waals surface area contributed by atoms with E-state index in [1.807, 2.05) is 6.92 Å². The molecule has 0 bridgehead atoms. The van der Waals surface area contributed by atoms with Gasteiger partial charge in [-0.2, -0.15) is 0 Å². The first-order valence-electron chi connectivity index (χ1n) is 6.09. The molecule has 0 aliphatic carbocycles. The number of nitro groups is 1. The second kappa shape index (κ2) is 6.44. The maximum absolute atomic E-state index is 11.0. The maximum atomic E-state index is 11.0. The quantitative estimate of drug-likeness (QED) is 0.500. The number of aromatic nitrogens is 2. The predicted molar refractivity (Wildman–Crippen MR) is 73.4 cm³/mol. The van der Waals surface area contributed by atoms with Crippen molar-refractivity contribution in [2.75, 3.05) is 6.54 Å². The molecule has 2 aromatic rings. The smallest absolute Gasteiger partial charge is 0.283 e. The molecule has 0 aliphatic rings. The summed E-state index contributed by atoms with van der Waals surface area (Å²) in [4.78, 5) is 10.5. The van der Waals surface area contributed by atoms with Crippen molar-refractivity contribution < 1.29 is 9.34 Å². The Bertz CT molecular complexity index is 614. The van der Waals surface area contributed by atoms with Crippen LogP contribution in [0.2, 0.25) is 5.02 Å². The summed E-state index contributed by atoms with van der Waals surface area (Å²) in [5, 5.41) is 22.1. The van der Waals surface area contributed by atoms with Gasteiger partial charge in [0.2, 0.25) is 5.89 Å². The fourth-order valence-corrected chi connectivity index (χ4v) is 1.81. The normalized spacial score (nSPS) is 10.7. The molecule has 1 aromatic carbocycles. The SMILES string of the molecule is CCCNCc1nnc(-c2ccc(Cl)cc2[N+](=O)[O-])o1. The molecule has 8 heteroatoms. The first kappa shape index (κ1) is 14.4. The number of rotatable bonds is 6. The molecule has 0 saturated carbocycles. The second-order valence-corrected chi connectivity index (χ2v) is 4.53. The summed E-state index contributed by atoms with van der Waals surface area (Å²) in [6, 6.07) is 4.30. The van der Waals surface area contributed by atoms with E-state index in [0.29, 0.717) is 12.4 Å². The fraction of sp³-hybridized carbons (Fsp3) is 0.333. The molecule has 106 valence electrons. The number of nitro benzene ring substituents is 1. The Morgan fingerprint density at radius 1 is 1.45 bits per heavy atom. The minimum atomic E-state index is -0.527. The topological polar surface area (TPSA) is 94.1 Å². The highest BCUT2D eigenvalue weighted by atomic mass is 35.5. The molecule has 0 atom stereocenters. The van der Waals surface area contributed by atoms with E-state index in [0.717, 1.165) is 13.0 Å². The van der Waals surface area contributed by atoms with Gasteiger partial charge in [-0.3, -0.25) is 10.1 Å². The molecule has 0 amide bonds. The molecular weight excluding hydrogens is 284 g/mol. The highest BCUT2D eigenvalue weighted by Gasteiger charge is 2.20. The van der Waals surface area contributed by atoms with Gasteiger partial charge in [-0.25, -0.2) is 0 Å². The molecular formula is C12H13ClN4O3. The second-order valence-electron chi connectivity index (χ2n) is 4.10. The lowest BCUT2D eigenvalue weighted by Crippen LogP contribution is -2.13. The van der Waals surface area contributed by atoms with Crippen LogP contribution in [-0.2, 0) is 6.54 Å². The van der Waals surface area contributed by atoms with Crippen LogP contribution in [0.25, 0.3) is 11.5 Å². The van der Waals surface area contributed by atoms with Crippen LogP contribution in [0, 0.1) is 10.1 Å². The third kappa shape index (κ3) is 3.31. The van der Waals surface area contributed by atoms with Crippen LogP contribution in [0.15, 0.2) is 22.6 Å². The van der Waals surface area contributed by atoms with Crippen molar-refractivity contribution in [3.05, 3.63) is 39.2 Å². The van der Waals surface area contributed by atoms with E-state index in [1.54, 1.807) is 6.07 Å². The van der Waals surface area contributed by atoms with E-state index in [9.17, 15) is 10.1 Å². The van der Waals surface area contributed by atoms with E-state index in [4.69, 9.17) is 16.0 Å². The monoisotopic (exact) mass is 296 g/mol. The first-order chi connectivity index (χ1) is 9.61. The van der Waals surface area contributed by atoms with E-state index in [2.05, 4.69) is 15.5 Å². The lowest BCUT2D eigenvalue weighted by atomic mass is 10.2. The van der Waals surface area contributed by atoms with Crippen LogP contribution in [0.4, 0.5) is 5.69 Å². The minimum absolute atomic E-state index is 0.113. The minimum Gasteiger partial charge on any atom is -0.419 e. The summed E-state index contributed by atoms with van der Waals surface area (Å²) < 4.78 is 5.41. The predicted octanol–water partition coefficient (Wildman–Crippen LogP) is 2.80. The van der Waals surface area contributed by atoms with Crippen molar-refractivity contribution in [3.8, 4) is 11.5 Å². The number of halogens is 1. The van der Waals surface area contributed by atoms with Gasteiger partial charge in [-0.1, -0.05) is 18.5 Å². The molecule has 0 aliphatic heterocycles. The molecule has 0 fully saturated rings. The molecule has 1 heterocycles. The zero-order chi connectivity index (χ0) is 14.5. The summed E-state index contributed by atoms with van der Waals surface area (Å²) in [5.41, 5.74) is 0.0999. The first-order valence-corrected chi connectivity index (χ1v) is 6.47. The summed E-state index contributed by atoms with van der Waals surface area (Å²) in [5.74, 6) is 0.499. The largest absolute Gasteiger partial charge is 0.419 e. The van der Waals surface area contributed by atoms with Crippen molar-refractivity contribution >= 4 is 17.3 Å². The van der Waals surface area contributed by atoms with Crippen LogP contribution in [-0.4, -0.2) is 21.7 Å². The van der Waals surface area contributed by atoms with Gasteiger partial charge in [0, 0.05) is 11.1 Å². The number of nitrogens with zero attached hydrogens (tertiary/aromatic N) is 3. The van der Waals surface area contributed by atoms with E-state index >= 15 is 0 Å². The number of nitrogens with one attached hydrogen (secondary N) is 1. The molecule has 0 radical (unpaired) electrons. The maximum Gasteiger partial charge on any atom is 0.283 e. The molecule has 0 saturated heterocycles. The summed E-state index contributed by atoms with van der Waals surface area (Å²) >= 11 is 5.76. The van der Waals surface area contributed by atoms with Crippen LogP contribution in [0.3, 0.4) is 0 Å². The van der Waals surface area contributed by atoms with Gasteiger partial charge < -0.3 is 9.73 Å². The highest BCUT2D eigenvalue weighted by molar-refractivity contribution is 6.30. The van der Waals surface area contributed by atoms with Crippen LogP contribution >= 0.6 is 11.6 Å². The molecule has 2 rings (SSSR count). The van der Waals surface area contributed by atoms with Crippen molar-refractivity contribution in [2.24, 2.45) is 0 Å². The zero-order valence-electron chi connectivity index (χ0n) is 10.8. The Balaban J connectivity index is 2.25. The molecule has 1 aromatic heterocycles. The Labute approximate surface area is 120 Å². The van der Waals surface area contributed by atoms with Gasteiger partial charge in [0.1, 0.15) is 5.56 Å². The van der Waals surface area contributed by atoms with Gasteiger partial charge in [0.15, 0.2) is 0 Å². The summed E-state index contributed by atoms with van der Waals surface area (Å²) in [7, 11) is 0. The third-order valence-electron chi connectivity index (χ3n) is 2.56. The molecule has 0 unspecified atom stereocenters. The highest BCUT2D eigenvalue weighted by Crippen LogP contribution is 2.31. The van der Waals surface area contributed by atoms with Crippen molar-refractivity contribution in [1.29, 1.82) is 0 Å². The lowest BCUT2D eigenvalue weighted by molar-refractivity contribution is -0.384. The van der Waals surface area contributed by atoms with Crippen molar-refractivity contribution in [1.82, 2.24) is 15.5 Å². The van der Waals surface area contributed by atoms with Gasteiger partial charge in [-0.05, 0) is 25.1 Å². The van der Waals surface area contributed by atoms with E-state index in [-0.39, 0.29) is 22.2 Å². The molecule has 20 heavy (non-hydrogen) atoms. The lowest BCUT2D eigenvalue weighted by Gasteiger charge is -1.99. The number of hydrogen-bond acceptors (Lipinski definition) is 6. The third-order valence-corrected chi connectivity index (χ3v) is 2.79. The van der Waals surface area contributed by atoms with Crippen LogP contribution in [0.1, 0.15) is 19.2 Å². The van der Waals surface area contributed by atoms with Gasteiger partial charge in [-0.15, -0.1) is 10.2 Å². The van der Waals surface area contributed by atoms with Gasteiger partial charge in [0.05, 0.1) is 11.5 Å².